The molecule has 6 atom stereocenters. The van der Waals surface area contributed by atoms with Gasteiger partial charge < -0.3 is 14.6 Å². The first kappa shape index (κ1) is 21.7. The average molecular weight is 526 g/mol. The highest BCUT2D eigenvalue weighted by atomic mass is 127. The van der Waals surface area contributed by atoms with Crippen LogP contribution in [0.3, 0.4) is 0 Å². The minimum absolute atomic E-state index is 0.0518. The molecule has 5 nitrogen and oxygen atoms in total. The average Bonchev–Trinajstić information content (AvgIpc) is 2.55. The first-order chi connectivity index (χ1) is 13.4. The van der Waals surface area contributed by atoms with E-state index in [4.69, 9.17) is 9.47 Å². The van der Waals surface area contributed by atoms with Gasteiger partial charge >= 0.3 is 11.9 Å². The van der Waals surface area contributed by atoms with Gasteiger partial charge in [-0.05, 0) is 44.4 Å². The predicted molar refractivity (Wildman–Crippen MR) is 109 cm³/mol. The van der Waals surface area contributed by atoms with Crippen LogP contribution in [0, 0.1) is 17.8 Å². The summed E-state index contributed by atoms with van der Waals surface area (Å²) >= 11 is 2.42. The van der Waals surface area contributed by atoms with Crippen molar-refractivity contribution in [1.82, 2.24) is 0 Å². The smallest absolute Gasteiger partial charge is 0.310 e. The van der Waals surface area contributed by atoms with E-state index in [1.54, 1.807) is 0 Å². The van der Waals surface area contributed by atoms with Gasteiger partial charge in [0.2, 0.25) is 0 Å². The van der Waals surface area contributed by atoms with Gasteiger partial charge in [0.05, 0.1) is 17.4 Å². The van der Waals surface area contributed by atoms with Crippen molar-refractivity contribution in [2.75, 3.05) is 6.61 Å². The summed E-state index contributed by atoms with van der Waals surface area (Å²) in [6.45, 7) is -0.273. The molecule has 0 spiro atoms. The zero-order valence-electron chi connectivity index (χ0n) is 16.7. The van der Waals surface area contributed by atoms with Crippen molar-refractivity contribution in [2.24, 2.45) is 17.8 Å². The maximum Gasteiger partial charge on any atom is 0.310 e. The molecular weight excluding hydrogens is 497 g/mol. The lowest BCUT2D eigenvalue weighted by atomic mass is 9.52. The van der Waals surface area contributed by atoms with Crippen molar-refractivity contribution < 1.29 is 33.0 Å². The predicted octanol–water partition coefficient (Wildman–Crippen LogP) is 4.18. The fraction of sp³-hybridized carbons (Fsp3) is 0.905. The molecule has 164 valence electrons. The molecule has 0 aromatic carbocycles. The molecule has 0 radical (unpaired) electrons. The topological polar surface area (TPSA) is 72.8 Å². The molecule has 1 N–H and O–H groups in total. The molecule has 0 aliphatic heterocycles. The molecule has 5 saturated carbocycles. The summed E-state index contributed by atoms with van der Waals surface area (Å²) in [5.74, 6) is -5.30. The highest BCUT2D eigenvalue weighted by Crippen LogP contribution is 2.63. The minimum Gasteiger partial charge on any atom is -0.459 e. The number of esters is 2. The Labute approximate surface area is 183 Å². The summed E-state index contributed by atoms with van der Waals surface area (Å²) in [6, 6.07) is 0. The number of carbonyl (C=O) groups is 2. The second kappa shape index (κ2) is 7.28. The van der Waals surface area contributed by atoms with Crippen LogP contribution >= 0.6 is 22.6 Å². The second-order valence-electron chi connectivity index (χ2n) is 10.2. The van der Waals surface area contributed by atoms with Crippen LogP contribution in [-0.4, -0.2) is 44.2 Å². The molecule has 4 bridgehead atoms. The normalized spacial score (nSPS) is 43.8. The highest BCUT2D eigenvalue weighted by molar-refractivity contribution is 14.1. The Morgan fingerprint density at radius 1 is 1.07 bits per heavy atom. The Bertz CT molecular complexity index is 675. The quantitative estimate of drug-likeness (QED) is 0.331. The van der Waals surface area contributed by atoms with Crippen LogP contribution in [0.25, 0.3) is 0 Å². The molecular formula is C21H29F2IO5. The number of hydrogen-bond donors (Lipinski definition) is 1. The Kier molecular flexibility index (Phi) is 5.45. The lowest BCUT2D eigenvalue weighted by molar-refractivity contribution is -0.217. The lowest BCUT2D eigenvalue weighted by Gasteiger charge is -2.62. The largest absolute Gasteiger partial charge is 0.459 e. The highest BCUT2D eigenvalue weighted by Gasteiger charge is 2.64. The van der Waals surface area contributed by atoms with Gasteiger partial charge in [0.25, 0.3) is 5.92 Å². The number of rotatable bonds is 5. The van der Waals surface area contributed by atoms with Crippen molar-refractivity contribution >= 4 is 34.5 Å². The Morgan fingerprint density at radius 2 is 1.72 bits per heavy atom. The maximum absolute atomic E-state index is 13.1. The van der Waals surface area contributed by atoms with Crippen molar-refractivity contribution in [2.45, 2.75) is 91.7 Å². The zero-order valence-corrected chi connectivity index (χ0v) is 18.9. The van der Waals surface area contributed by atoms with Gasteiger partial charge in [0, 0.05) is 23.2 Å². The summed E-state index contributed by atoms with van der Waals surface area (Å²) in [6.07, 6.45) is 6.99. The van der Waals surface area contributed by atoms with Crippen LogP contribution in [0.15, 0.2) is 0 Å². The molecule has 0 aromatic heterocycles. The van der Waals surface area contributed by atoms with Crippen molar-refractivity contribution in [3.63, 3.8) is 0 Å². The van der Waals surface area contributed by atoms with Gasteiger partial charge in [-0.1, -0.05) is 35.4 Å². The molecule has 0 heterocycles. The van der Waals surface area contributed by atoms with E-state index in [1.165, 1.54) is 0 Å². The Balaban J connectivity index is 1.46. The maximum atomic E-state index is 13.1. The molecule has 29 heavy (non-hydrogen) atoms. The minimum atomic E-state index is -3.09. The number of aliphatic hydroxyl groups is 1. The summed E-state index contributed by atoms with van der Waals surface area (Å²) in [7, 11) is 0. The molecule has 0 aromatic rings. The Hall–Kier alpha value is -0.510. The van der Waals surface area contributed by atoms with Crippen LogP contribution in [0.1, 0.15) is 71.1 Å². The van der Waals surface area contributed by atoms with E-state index < -0.39 is 47.5 Å². The van der Waals surface area contributed by atoms with E-state index in [1.807, 2.05) is 0 Å². The summed E-state index contributed by atoms with van der Waals surface area (Å²) in [5.41, 5.74) is -1.45. The third-order valence-corrected chi connectivity index (χ3v) is 8.28. The molecule has 5 aliphatic carbocycles. The molecule has 5 fully saturated rings. The first-order valence-corrected chi connectivity index (χ1v) is 11.7. The fourth-order valence-corrected chi connectivity index (χ4v) is 8.62. The zero-order chi connectivity index (χ0) is 21.1. The van der Waals surface area contributed by atoms with E-state index in [2.05, 4.69) is 22.6 Å². The molecule has 5 rings (SSSR count). The molecule has 0 amide bonds. The number of halogens is 3. The van der Waals surface area contributed by atoms with E-state index in [9.17, 15) is 23.5 Å². The SMILES string of the molecule is CC(F)(F)COC(=O)C1CCCCC1C(=O)OC12CC3CC(O)(CC(I)(C3)C1)C2. The van der Waals surface area contributed by atoms with Gasteiger partial charge in [0.15, 0.2) is 6.61 Å². The van der Waals surface area contributed by atoms with Crippen LogP contribution in [-0.2, 0) is 19.1 Å². The third kappa shape index (κ3) is 4.57. The van der Waals surface area contributed by atoms with Crippen LogP contribution in [0.5, 0.6) is 0 Å². The van der Waals surface area contributed by atoms with Gasteiger partial charge in [-0.15, -0.1) is 0 Å². The summed E-state index contributed by atoms with van der Waals surface area (Å²) in [4.78, 5) is 25.6. The van der Waals surface area contributed by atoms with Crippen LogP contribution < -0.4 is 0 Å². The number of ether oxygens (including phenoxy) is 2. The van der Waals surface area contributed by atoms with Gasteiger partial charge in [-0.25, -0.2) is 8.78 Å². The molecule has 0 saturated heterocycles. The van der Waals surface area contributed by atoms with Crippen molar-refractivity contribution in [3.8, 4) is 0 Å². The molecule has 6 unspecified atom stereocenters. The number of alkyl halides is 3. The Morgan fingerprint density at radius 3 is 2.31 bits per heavy atom. The summed E-state index contributed by atoms with van der Waals surface area (Å²) in [5, 5.41) is 11.0. The van der Waals surface area contributed by atoms with Crippen molar-refractivity contribution in [3.05, 3.63) is 0 Å². The van der Waals surface area contributed by atoms with E-state index >= 15 is 0 Å². The number of hydrogen-bond acceptors (Lipinski definition) is 5. The van der Waals surface area contributed by atoms with E-state index in [0.717, 1.165) is 44.9 Å². The second-order valence-corrected chi connectivity index (χ2v) is 12.5. The first-order valence-electron chi connectivity index (χ1n) is 10.6. The number of carbonyl (C=O) groups excluding carboxylic acids is 2. The third-order valence-electron chi connectivity index (χ3n) is 7.08. The van der Waals surface area contributed by atoms with Gasteiger partial charge in [-0.3, -0.25) is 9.59 Å². The monoisotopic (exact) mass is 526 g/mol. The summed E-state index contributed by atoms with van der Waals surface area (Å²) < 4.78 is 37.0. The van der Waals surface area contributed by atoms with Crippen LogP contribution in [0.4, 0.5) is 8.78 Å². The fourth-order valence-electron chi connectivity index (χ4n) is 6.59. The van der Waals surface area contributed by atoms with Gasteiger partial charge in [-0.2, -0.15) is 0 Å². The lowest BCUT2D eigenvalue weighted by Crippen LogP contribution is -2.65. The van der Waals surface area contributed by atoms with Crippen LogP contribution in [0.2, 0.25) is 0 Å². The standard InChI is InChI=1S/C21H29F2IO5/c1-18(22,23)12-28-16(25)14-4-2-3-5-15(14)17(26)29-21-8-13-6-19(24,10-21)9-20(27,7-13)11-21/h13-15,27H,2-12H2,1H3. The van der Waals surface area contributed by atoms with Crippen molar-refractivity contribution in [1.29, 1.82) is 0 Å². The van der Waals surface area contributed by atoms with E-state index in [0.29, 0.717) is 32.1 Å². The van der Waals surface area contributed by atoms with E-state index in [-0.39, 0.29) is 3.42 Å². The molecule has 5 aliphatic rings. The van der Waals surface area contributed by atoms with Gasteiger partial charge in [0.1, 0.15) is 5.60 Å². The molecule has 8 heteroatoms.